The summed E-state index contributed by atoms with van der Waals surface area (Å²) >= 11 is 0. The highest BCUT2D eigenvalue weighted by Gasteiger charge is 2.16. The molecule has 0 aromatic heterocycles. The van der Waals surface area contributed by atoms with Gasteiger partial charge in [-0.3, -0.25) is 14.9 Å². The Hall–Kier alpha value is -2.89. The molecule has 0 bridgehead atoms. The number of nitrogens with one attached hydrogen (secondary N) is 1. The van der Waals surface area contributed by atoms with Crippen LogP contribution in [0, 0.1) is 10.1 Å². The maximum absolute atomic E-state index is 12.3. The van der Waals surface area contributed by atoms with Crippen molar-refractivity contribution in [3.8, 4) is 0 Å². The van der Waals surface area contributed by atoms with Gasteiger partial charge in [-0.05, 0) is 37.5 Å². The van der Waals surface area contributed by atoms with E-state index in [9.17, 15) is 14.9 Å². The largest absolute Gasteiger partial charge is 0.371 e. The van der Waals surface area contributed by atoms with Crippen LogP contribution in [0.3, 0.4) is 0 Å². The van der Waals surface area contributed by atoms with E-state index in [1.807, 2.05) is 24.3 Å². The molecule has 0 aliphatic carbocycles. The molecule has 3 rings (SSSR count). The maximum atomic E-state index is 12.3. The van der Waals surface area contributed by atoms with Crippen LogP contribution in [0.1, 0.15) is 24.8 Å². The Kier molecular flexibility index (Phi) is 5.28. The molecule has 6 heteroatoms. The summed E-state index contributed by atoms with van der Waals surface area (Å²) in [5.74, 6) is -0.259. The van der Waals surface area contributed by atoms with Crippen LogP contribution in [0.2, 0.25) is 0 Å². The molecule has 1 fully saturated rings. The second-order valence-corrected chi connectivity index (χ2v) is 6.21. The topological polar surface area (TPSA) is 75.5 Å². The standard InChI is InChI=1S/C19H21N3O3/c23-19(13-15-7-2-3-10-18(15)22(24)25)20-16-8-6-9-17(14-16)21-11-4-1-5-12-21/h2-3,6-10,14H,1,4-5,11-13H2,(H,20,23). The van der Waals surface area contributed by atoms with Gasteiger partial charge in [-0.15, -0.1) is 0 Å². The fourth-order valence-corrected chi connectivity index (χ4v) is 3.15. The number of para-hydroxylation sites is 1. The summed E-state index contributed by atoms with van der Waals surface area (Å²) in [6, 6.07) is 14.1. The van der Waals surface area contributed by atoms with E-state index in [-0.39, 0.29) is 18.0 Å². The van der Waals surface area contributed by atoms with Crippen LogP contribution in [0.5, 0.6) is 0 Å². The average molecular weight is 339 g/mol. The Bertz CT molecular complexity index is 770. The Morgan fingerprint density at radius 2 is 1.84 bits per heavy atom. The number of piperidine rings is 1. The Balaban J connectivity index is 1.68. The number of hydrogen-bond acceptors (Lipinski definition) is 4. The quantitative estimate of drug-likeness (QED) is 0.665. The summed E-state index contributed by atoms with van der Waals surface area (Å²) in [4.78, 5) is 25.2. The predicted octanol–water partition coefficient (Wildman–Crippen LogP) is 3.77. The minimum Gasteiger partial charge on any atom is -0.371 e. The number of amides is 1. The van der Waals surface area contributed by atoms with E-state index in [2.05, 4.69) is 10.2 Å². The van der Waals surface area contributed by atoms with Crippen molar-refractivity contribution in [3.63, 3.8) is 0 Å². The molecule has 0 spiro atoms. The van der Waals surface area contributed by atoms with Gasteiger partial charge in [0.2, 0.25) is 5.91 Å². The number of rotatable bonds is 5. The monoisotopic (exact) mass is 339 g/mol. The molecular formula is C19H21N3O3. The van der Waals surface area contributed by atoms with Crippen molar-refractivity contribution >= 4 is 23.0 Å². The van der Waals surface area contributed by atoms with Crippen LogP contribution in [0.15, 0.2) is 48.5 Å². The van der Waals surface area contributed by atoms with Crippen LogP contribution in [-0.2, 0) is 11.2 Å². The molecule has 2 aromatic carbocycles. The zero-order chi connectivity index (χ0) is 17.6. The van der Waals surface area contributed by atoms with Crippen molar-refractivity contribution in [2.45, 2.75) is 25.7 Å². The molecule has 0 radical (unpaired) electrons. The molecule has 130 valence electrons. The summed E-state index contributed by atoms with van der Waals surface area (Å²) in [5, 5.41) is 13.9. The summed E-state index contributed by atoms with van der Waals surface area (Å²) in [7, 11) is 0. The van der Waals surface area contributed by atoms with Crippen molar-refractivity contribution in [3.05, 3.63) is 64.2 Å². The highest BCUT2D eigenvalue weighted by molar-refractivity contribution is 5.93. The van der Waals surface area contributed by atoms with E-state index in [1.165, 1.54) is 25.3 Å². The van der Waals surface area contributed by atoms with E-state index in [0.717, 1.165) is 18.8 Å². The molecular weight excluding hydrogens is 318 g/mol. The SMILES string of the molecule is O=C(Cc1ccccc1[N+](=O)[O-])Nc1cccc(N2CCCCC2)c1. The number of carbonyl (C=O) groups is 1. The molecule has 2 aromatic rings. The van der Waals surface area contributed by atoms with Crippen LogP contribution in [0.4, 0.5) is 17.1 Å². The number of nitro groups is 1. The molecule has 1 saturated heterocycles. The first-order chi connectivity index (χ1) is 12.1. The third kappa shape index (κ3) is 4.35. The third-order valence-corrected chi connectivity index (χ3v) is 4.39. The van der Waals surface area contributed by atoms with Gasteiger partial charge in [0.1, 0.15) is 0 Å². The normalized spacial score (nSPS) is 14.2. The zero-order valence-corrected chi connectivity index (χ0v) is 14.0. The van der Waals surface area contributed by atoms with Gasteiger partial charge in [-0.2, -0.15) is 0 Å². The lowest BCUT2D eigenvalue weighted by Crippen LogP contribution is -2.29. The molecule has 25 heavy (non-hydrogen) atoms. The Morgan fingerprint density at radius 1 is 1.08 bits per heavy atom. The summed E-state index contributed by atoms with van der Waals surface area (Å²) in [6.07, 6.45) is 3.62. The fourth-order valence-electron chi connectivity index (χ4n) is 3.15. The highest BCUT2D eigenvalue weighted by Crippen LogP contribution is 2.24. The molecule has 1 aliphatic rings. The van der Waals surface area contributed by atoms with E-state index in [4.69, 9.17) is 0 Å². The first-order valence-corrected chi connectivity index (χ1v) is 8.50. The van der Waals surface area contributed by atoms with Gasteiger partial charge in [0.15, 0.2) is 0 Å². The van der Waals surface area contributed by atoms with Gasteiger partial charge >= 0.3 is 0 Å². The second-order valence-electron chi connectivity index (χ2n) is 6.21. The van der Waals surface area contributed by atoms with E-state index in [1.54, 1.807) is 18.2 Å². The van der Waals surface area contributed by atoms with Gasteiger partial charge in [0, 0.05) is 36.1 Å². The smallest absolute Gasteiger partial charge is 0.273 e. The van der Waals surface area contributed by atoms with Crippen LogP contribution in [0.25, 0.3) is 0 Å². The molecule has 0 unspecified atom stereocenters. The van der Waals surface area contributed by atoms with Gasteiger partial charge in [-0.1, -0.05) is 24.3 Å². The van der Waals surface area contributed by atoms with E-state index in [0.29, 0.717) is 11.3 Å². The molecule has 1 N–H and O–H groups in total. The molecule has 1 heterocycles. The highest BCUT2D eigenvalue weighted by atomic mass is 16.6. The van der Waals surface area contributed by atoms with Crippen molar-refractivity contribution in [1.29, 1.82) is 0 Å². The van der Waals surface area contributed by atoms with E-state index < -0.39 is 4.92 Å². The lowest BCUT2D eigenvalue weighted by atomic mass is 10.1. The molecule has 0 saturated carbocycles. The van der Waals surface area contributed by atoms with Crippen molar-refractivity contribution in [1.82, 2.24) is 0 Å². The fraction of sp³-hybridized carbons (Fsp3) is 0.316. The van der Waals surface area contributed by atoms with Crippen LogP contribution < -0.4 is 10.2 Å². The average Bonchev–Trinajstić information content (AvgIpc) is 2.63. The van der Waals surface area contributed by atoms with Crippen LogP contribution in [-0.4, -0.2) is 23.9 Å². The first-order valence-electron chi connectivity index (χ1n) is 8.50. The Labute approximate surface area is 146 Å². The minimum atomic E-state index is -0.459. The van der Waals surface area contributed by atoms with Crippen molar-refractivity contribution in [2.24, 2.45) is 0 Å². The van der Waals surface area contributed by atoms with Crippen molar-refractivity contribution < 1.29 is 9.72 Å². The molecule has 6 nitrogen and oxygen atoms in total. The summed E-state index contributed by atoms with van der Waals surface area (Å²) in [6.45, 7) is 2.07. The van der Waals surface area contributed by atoms with Crippen LogP contribution >= 0.6 is 0 Å². The molecule has 1 aliphatic heterocycles. The maximum Gasteiger partial charge on any atom is 0.273 e. The first kappa shape index (κ1) is 17.0. The number of nitro benzene ring substituents is 1. The second kappa shape index (κ2) is 7.79. The molecule has 1 amide bonds. The number of benzene rings is 2. The minimum absolute atomic E-state index is 0.0227. The van der Waals surface area contributed by atoms with Crippen molar-refractivity contribution in [2.75, 3.05) is 23.3 Å². The third-order valence-electron chi connectivity index (χ3n) is 4.39. The number of nitrogens with zero attached hydrogens (tertiary/aromatic N) is 2. The predicted molar refractivity (Wildman–Crippen MR) is 97.9 cm³/mol. The number of carbonyl (C=O) groups excluding carboxylic acids is 1. The lowest BCUT2D eigenvalue weighted by molar-refractivity contribution is -0.385. The zero-order valence-electron chi connectivity index (χ0n) is 14.0. The molecule has 0 atom stereocenters. The number of anilines is 2. The lowest BCUT2D eigenvalue weighted by Gasteiger charge is -2.29. The van der Waals surface area contributed by atoms with Gasteiger partial charge in [0.05, 0.1) is 11.3 Å². The van der Waals surface area contributed by atoms with Gasteiger partial charge in [0.25, 0.3) is 5.69 Å². The number of hydrogen-bond donors (Lipinski definition) is 1. The van der Waals surface area contributed by atoms with Gasteiger partial charge in [-0.25, -0.2) is 0 Å². The summed E-state index contributed by atoms with van der Waals surface area (Å²) < 4.78 is 0. The Morgan fingerprint density at radius 3 is 2.60 bits per heavy atom. The summed E-state index contributed by atoms with van der Waals surface area (Å²) in [5.41, 5.74) is 2.20. The van der Waals surface area contributed by atoms with Gasteiger partial charge < -0.3 is 10.2 Å². The van der Waals surface area contributed by atoms with E-state index >= 15 is 0 Å².